The summed E-state index contributed by atoms with van der Waals surface area (Å²) in [4.78, 5) is 12.1. The van der Waals surface area contributed by atoms with E-state index in [1.54, 1.807) is 13.3 Å². The second kappa shape index (κ2) is 2.73. The monoisotopic (exact) mass is 161 g/mol. The lowest BCUT2D eigenvalue weighted by molar-refractivity contribution is 0.401. The Balaban J connectivity index is 2.79. The lowest BCUT2D eigenvalue weighted by Crippen LogP contribution is -1.92. The van der Waals surface area contributed by atoms with Crippen LogP contribution < -0.4 is 4.74 Å². The SMILES string of the molecule is COc1ncnc2cccnc12. The van der Waals surface area contributed by atoms with Crippen LogP contribution in [0.3, 0.4) is 0 Å². The van der Waals surface area contributed by atoms with Crippen LogP contribution in [-0.2, 0) is 0 Å². The molecule has 2 heterocycles. The van der Waals surface area contributed by atoms with E-state index in [1.807, 2.05) is 12.1 Å². The van der Waals surface area contributed by atoms with Crippen molar-refractivity contribution in [3.8, 4) is 5.88 Å². The van der Waals surface area contributed by atoms with Gasteiger partial charge in [0, 0.05) is 6.20 Å². The first-order chi connectivity index (χ1) is 5.92. The Morgan fingerprint density at radius 3 is 3.00 bits per heavy atom. The van der Waals surface area contributed by atoms with Crippen LogP contribution in [0.5, 0.6) is 5.88 Å². The van der Waals surface area contributed by atoms with E-state index in [0.717, 1.165) is 5.52 Å². The molecule has 60 valence electrons. The van der Waals surface area contributed by atoms with E-state index in [4.69, 9.17) is 4.74 Å². The van der Waals surface area contributed by atoms with Crippen molar-refractivity contribution in [1.82, 2.24) is 15.0 Å². The van der Waals surface area contributed by atoms with Gasteiger partial charge in [0.05, 0.1) is 12.6 Å². The molecule has 0 unspecified atom stereocenters. The van der Waals surface area contributed by atoms with Crippen molar-refractivity contribution < 1.29 is 4.74 Å². The third-order valence-electron chi connectivity index (χ3n) is 1.55. The average Bonchev–Trinajstić information content (AvgIpc) is 2.17. The molecule has 0 amide bonds. The molecule has 0 N–H and O–H groups in total. The summed E-state index contributed by atoms with van der Waals surface area (Å²) in [5.41, 5.74) is 1.49. The minimum Gasteiger partial charge on any atom is -0.479 e. The predicted octanol–water partition coefficient (Wildman–Crippen LogP) is 1.03. The van der Waals surface area contributed by atoms with Crippen molar-refractivity contribution in [2.75, 3.05) is 7.11 Å². The van der Waals surface area contributed by atoms with Crippen LogP contribution in [0.15, 0.2) is 24.7 Å². The van der Waals surface area contributed by atoms with E-state index in [2.05, 4.69) is 15.0 Å². The van der Waals surface area contributed by atoms with E-state index in [9.17, 15) is 0 Å². The lowest BCUT2D eigenvalue weighted by Gasteiger charge is -2.00. The van der Waals surface area contributed by atoms with Crippen molar-refractivity contribution in [3.05, 3.63) is 24.7 Å². The highest BCUT2D eigenvalue weighted by atomic mass is 16.5. The largest absolute Gasteiger partial charge is 0.479 e. The van der Waals surface area contributed by atoms with Crippen molar-refractivity contribution in [2.24, 2.45) is 0 Å². The van der Waals surface area contributed by atoms with E-state index in [0.29, 0.717) is 11.4 Å². The van der Waals surface area contributed by atoms with Gasteiger partial charge in [-0.05, 0) is 12.1 Å². The van der Waals surface area contributed by atoms with Crippen LogP contribution in [0, 0.1) is 0 Å². The van der Waals surface area contributed by atoms with E-state index >= 15 is 0 Å². The molecule has 4 heteroatoms. The quantitative estimate of drug-likeness (QED) is 0.626. The summed E-state index contributed by atoms with van der Waals surface area (Å²) in [5, 5.41) is 0. The van der Waals surface area contributed by atoms with Crippen molar-refractivity contribution in [2.45, 2.75) is 0 Å². The number of hydrogen-bond donors (Lipinski definition) is 0. The molecule has 0 saturated heterocycles. The third-order valence-corrected chi connectivity index (χ3v) is 1.55. The van der Waals surface area contributed by atoms with Gasteiger partial charge in [0.1, 0.15) is 6.33 Å². The topological polar surface area (TPSA) is 47.9 Å². The molecule has 0 radical (unpaired) electrons. The molecule has 2 aromatic heterocycles. The molecule has 0 fully saturated rings. The highest BCUT2D eigenvalue weighted by Gasteiger charge is 2.01. The molecular formula is C8H7N3O. The highest BCUT2D eigenvalue weighted by molar-refractivity contribution is 5.78. The van der Waals surface area contributed by atoms with Crippen LogP contribution >= 0.6 is 0 Å². The molecule has 0 aliphatic rings. The summed E-state index contributed by atoms with van der Waals surface area (Å²) in [6.45, 7) is 0. The Bertz CT molecular complexity index is 397. The van der Waals surface area contributed by atoms with Gasteiger partial charge in [0.25, 0.3) is 0 Å². The lowest BCUT2D eigenvalue weighted by atomic mass is 10.4. The van der Waals surface area contributed by atoms with Gasteiger partial charge in [-0.25, -0.2) is 9.97 Å². The first kappa shape index (κ1) is 6.97. The number of hydrogen-bond acceptors (Lipinski definition) is 4. The van der Waals surface area contributed by atoms with Crippen LogP contribution in [0.4, 0.5) is 0 Å². The predicted molar refractivity (Wildman–Crippen MR) is 43.9 cm³/mol. The van der Waals surface area contributed by atoms with Crippen LogP contribution in [0.25, 0.3) is 11.0 Å². The van der Waals surface area contributed by atoms with Gasteiger partial charge in [-0.15, -0.1) is 0 Å². The number of ether oxygens (including phenoxy) is 1. The smallest absolute Gasteiger partial charge is 0.243 e. The summed E-state index contributed by atoms with van der Waals surface area (Å²) in [6.07, 6.45) is 3.15. The fourth-order valence-corrected chi connectivity index (χ4v) is 1.02. The fourth-order valence-electron chi connectivity index (χ4n) is 1.02. The van der Waals surface area contributed by atoms with Gasteiger partial charge >= 0.3 is 0 Å². The minimum absolute atomic E-state index is 0.514. The third kappa shape index (κ3) is 0.972. The van der Waals surface area contributed by atoms with Gasteiger partial charge in [-0.1, -0.05) is 0 Å². The molecule has 0 bridgehead atoms. The molecule has 12 heavy (non-hydrogen) atoms. The summed E-state index contributed by atoms with van der Waals surface area (Å²) in [7, 11) is 1.57. The molecule has 2 rings (SSSR count). The number of pyridine rings is 1. The zero-order valence-electron chi connectivity index (χ0n) is 6.56. The molecule has 0 atom stereocenters. The first-order valence-electron chi connectivity index (χ1n) is 3.51. The molecule has 0 saturated carbocycles. The van der Waals surface area contributed by atoms with Crippen LogP contribution in [0.2, 0.25) is 0 Å². The Labute approximate surface area is 69.3 Å². The van der Waals surface area contributed by atoms with Gasteiger partial charge in [-0.2, -0.15) is 4.98 Å². The van der Waals surface area contributed by atoms with Crippen molar-refractivity contribution in [3.63, 3.8) is 0 Å². The summed E-state index contributed by atoms with van der Waals surface area (Å²) in [6, 6.07) is 3.70. The molecule has 0 aromatic carbocycles. The highest BCUT2D eigenvalue weighted by Crippen LogP contribution is 2.16. The zero-order chi connectivity index (χ0) is 8.39. The summed E-state index contributed by atoms with van der Waals surface area (Å²) >= 11 is 0. The zero-order valence-corrected chi connectivity index (χ0v) is 6.56. The maximum atomic E-state index is 5.01. The van der Waals surface area contributed by atoms with Crippen molar-refractivity contribution >= 4 is 11.0 Å². The summed E-state index contributed by atoms with van der Waals surface area (Å²) < 4.78 is 5.01. The van der Waals surface area contributed by atoms with Crippen LogP contribution in [0.1, 0.15) is 0 Å². The number of aromatic nitrogens is 3. The summed E-state index contributed by atoms with van der Waals surface area (Å²) in [5.74, 6) is 0.514. The minimum atomic E-state index is 0.514. The molecule has 0 aliphatic heterocycles. The average molecular weight is 161 g/mol. The fraction of sp³-hybridized carbons (Fsp3) is 0.125. The molecule has 2 aromatic rings. The maximum absolute atomic E-state index is 5.01. The van der Waals surface area contributed by atoms with Gasteiger partial charge in [-0.3, -0.25) is 0 Å². The van der Waals surface area contributed by atoms with Gasteiger partial charge in [0.15, 0.2) is 5.52 Å². The van der Waals surface area contributed by atoms with E-state index in [1.165, 1.54) is 6.33 Å². The first-order valence-corrected chi connectivity index (χ1v) is 3.51. The Hall–Kier alpha value is -1.71. The van der Waals surface area contributed by atoms with E-state index < -0.39 is 0 Å². The molecule has 0 aliphatic carbocycles. The second-order valence-electron chi connectivity index (χ2n) is 2.25. The van der Waals surface area contributed by atoms with Crippen molar-refractivity contribution in [1.29, 1.82) is 0 Å². The molecule has 4 nitrogen and oxygen atoms in total. The second-order valence-corrected chi connectivity index (χ2v) is 2.25. The van der Waals surface area contributed by atoms with Gasteiger partial charge in [0.2, 0.25) is 5.88 Å². The number of fused-ring (bicyclic) bond motifs is 1. The van der Waals surface area contributed by atoms with E-state index in [-0.39, 0.29) is 0 Å². The standard InChI is InChI=1S/C8H7N3O/c1-12-8-7-6(10-5-11-8)3-2-4-9-7/h2-5H,1H3. The Morgan fingerprint density at radius 2 is 2.17 bits per heavy atom. The molecule has 0 spiro atoms. The Morgan fingerprint density at radius 1 is 1.25 bits per heavy atom. The number of rotatable bonds is 1. The molecular weight excluding hydrogens is 154 g/mol. The van der Waals surface area contributed by atoms with Crippen LogP contribution in [-0.4, -0.2) is 22.1 Å². The Kier molecular flexibility index (Phi) is 1.59. The van der Waals surface area contributed by atoms with Gasteiger partial charge < -0.3 is 4.74 Å². The number of nitrogens with zero attached hydrogens (tertiary/aromatic N) is 3. The normalized spacial score (nSPS) is 10.1. The maximum Gasteiger partial charge on any atom is 0.243 e. The number of methoxy groups -OCH3 is 1.